The standard InChI is InChI=1S/C14H17ClN2O/c15-13-10-6-5-9-12(13)14(18)17-16-11-7-3-1-2-4-8-11/h5-6,9-10H,1-4,7-8H2,(H,17,18). The molecule has 96 valence electrons. The maximum Gasteiger partial charge on any atom is 0.272 e. The molecule has 1 aromatic rings. The highest BCUT2D eigenvalue weighted by Crippen LogP contribution is 2.16. The summed E-state index contributed by atoms with van der Waals surface area (Å²) >= 11 is 5.96. The average molecular weight is 265 g/mol. The number of nitrogens with one attached hydrogen (secondary N) is 1. The lowest BCUT2D eigenvalue weighted by Gasteiger charge is -2.04. The number of rotatable bonds is 2. The van der Waals surface area contributed by atoms with Gasteiger partial charge in [-0.05, 0) is 37.8 Å². The average Bonchev–Trinajstić information content (AvgIpc) is 2.65. The summed E-state index contributed by atoms with van der Waals surface area (Å²) in [4.78, 5) is 11.9. The molecule has 0 bridgehead atoms. The molecule has 2 rings (SSSR count). The predicted molar refractivity (Wildman–Crippen MR) is 74.1 cm³/mol. The van der Waals surface area contributed by atoms with Gasteiger partial charge in [-0.3, -0.25) is 4.79 Å². The number of hydrogen-bond donors (Lipinski definition) is 1. The smallest absolute Gasteiger partial charge is 0.267 e. The third kappa shape index (κ3) is 3.57. The second kappa shape index (κ2) is 6.55. The first-order valence-electron chi connectivity index (χ1n) is 6.37. The largest absolute Gasteiger partial charge is 0.272 e. The lowest BCUT2D eigenvalue weighted by atomic mass is 10.2. The Morgan fingerprint density at radius 2 is 1.78 bits per heavy atom. The topological polar surface area (TPSA) is 41.5 Å². The SMILES string of the molecule is O=C(NN=C1CCCCCC1)c1ccccc1Cl. The van der Waals surface area contributed by atoms with Crippen molar-refractivity contribution in [1.29, 1.82) is 0 Å². The summed E-state index contributed by atoms with van der Waals surface area (Å²) in [5.41, 5.74) is 4.16. The second-order valence-corrected chi connectivity index (χ2v) is 4.92. The second-order valence-electron chi connectivity index (χ2n) is 4.51. The van der Waals surface area contributed by atoms with Crippen LogP contribution >= 0.6 is 11.6 Å². The molecule has 1 amide bonds. The molecule has 1 N–H and O–H groups in total. The molecule has 0 saturated heterocycles. The summed E-state index contributed by atoms with van der Waals surface area (Å²) in [5, 5.41) is 4.67. The van der Waals surface area contributed by atoms with Gasteiger partial charge in [-0.15, -0.1) is 0 Å². The maximum atomic E-state index is 11.9. The number of halogens is 1. The number of amides is 1. The van der Waals surface area contributed by atoms with Crippen LogP contribution in [0.3, 0.4) is 0 Å². The van der Waals surface area contributed by atoms with E-state index in [1.165, 1.54) is 25.7 Å². The van der Waals surface area contributed by atoms with Crippen LogP contribution < -0.4 is 5.43 Å². The Balaban J connectivity index is 1.99. The molecule has 18 heavy (non-hydrogen) atoms. The lowest BCUT2D eigenvalue weighted by Crippen LogP contribution is -2.20. The molecule has 0 unspecified atom stereocenters. The fourth-order valence-corrected chi connectivity index (χ4v) is 2.31. The van der Waals surface area contributed by atoms with Crippen molar-refractivity contribution >= 4 is 23.2 Å². The van der Waals surface area contributed by atoms with Gasteiger partial charge in [0.15, 0.2) is 0 Å². The van der Waals surface area contributed by atoms with Crippen molar-refractivity contribution in [2.45, 2.75) is 38.5 Å². The highest BCUT2D eigenvalue weighted by Gasteiger charge is 2.10. The highest BCUT2D eigenvalue weighted by atomic mass is 35.5. The van der Waals surface area contributed by atoms with E-state index >= 15 is 0 Å². The Hall–Kier alpha value is -1.35. The molecule has 1 aliphatic rings. The van der Waals surface area contributed by atoms with Gasteiger partial charge in [0, 0.05) is 5.71 Å². The van der Waals surface area contributed by atoms with Crippen LogP contribution in [-0.2, 0) is 0 Å². The van der Waals surface area contributed by atoms with Crippen molar-refractivity contribution in [1.82, 2.24) is 5.43 Å². The molecular weight excluding hydrogens is 248 g/mol. The van der Waals surface area contributed by atoms with Crippen molar-refractivity contribution < 1.29 is 4.79 Å². The lowest BCUT2D eigenvalue weighted by molar-refractivity contribution is 0.0955. The van der Waals surface area contributed by atoms with Gasteiger partial charge in [-0.1, -0.05) is 36.6 Å². The maximum absolute atomic E-state index is 11.9. The summed E-state index contributed by atoms with van der Waals surface area (Å²) in [6, 6.07) is 7.00. The van der Waals surface area contributed by atoms with Crippen molar-refractivity contribution in [2.75, 3.05) is 0 Å². The molecule has 4 heteroatoms. The van der Waals surface area contributed by atoms with Gasteiger partial charge in [-0.2, -0.15) is 5.10 Å². The third-order valence-corrected chi connectivity index (χ3v) is 3.44. The summed E-state index contributed by atoms with van der Waals surface area (Å²) in [6.45, 7) is 0. The zero-order valence-corrected chi connectivity index (χ0v) is 11.0. The minimum absolute atomic E-state index is 0.239. The molecule has 0 heterocycles. The van der Waals surface area contributed by atoms with E-state index in [1.807, 2.05) is 0 Å². The van der Waals surface area contributed by atoms with Gasteiger partial charge >= 0.3 is 0 Å². The monoisotopic (exact) mass is 264 g/mol. The van der Waals surface area contributed by atoms with Crippen LogP contribution in [0.15, 0.2) is 29.4 Å². The molecule has 1 saturated carbocycles. The van der Waals surface area contributed by atoms with E-state index in [4.69, 9.17) is 11.6 Å². The van der Waals surface area contributed by atoms with Gasteiger partial charge in [0.05, 0.1) is 10.6 Å². The molecular formula is C14H17ClN2O. The first kappa shape index (κ1) is 13.1. The van der Waals surface area contributed by atoms with E-state index in [2.05, 4.69) is 10.5 Å². The van der Waals surface area contributed by atoms with Crippen LogP contribution in [0.25, 0.3) is 0 Å². The molecule has 3 nitrogen and oxygen atoms in total. The van der Waals surface area contributed by atoms with E-state index in [9.17, 15) is 4.79 Å². The summed E-state index contributed by atoms with van der Waals surface area (Å²) < 4.78 is 0. The summed E-state index contributed by atoms with van der Waals surface area (Å²) in [6.07, 6.45) is 6.84. The van der Waals surface area contributed by atoms with Gasteiger partial charge < -0.3 is 0 Å². The van der Waals surface area contributed by atoms with Crippen molar-refractivity contribution in [2.24, 2.45) is 5.10 Å². The van der Waals surface area contributed by atoms with Gasteiger partial charge in [0.1, 0.15) is 0 Å². The molecule has 0 radical (unpaired) electrons. The first-order valence-corrected chi connectivity index (χ1v) is 6.75. The fraction of sp³-hybridized carbons (Fsp3) is 0.429. The predicted octanol–water partition coefficient (Wildman–Crippen LogP) is 3.78. The summed E-state index contributed by atoms with van der Waals surface area (Å²) in [5.74, 6) is -0.239. The molecule has 1 fully saturated rings. The normalized spacial score (nSPS) is 15.9. The number of carbonyl (C=O) groups excluding carboxylic acids is 1. The number of benzene rings is 1. The molecule has 0 spiro atoms. The Morgan fingerprint density at radius 3 is 2.44 bits per heavy atom. The molecule has 0 aliphatic heterocycles. The third-order valence-electron chi connectivity index (χ3n) is 3.11. The number of nitrogens with zero attached hydrogens (tertiary/aromatic N) is 1. The van der Waals surface area contributed by atoms with E-state index in [0.29, 0.717) is 10.6 Å². The quantitative estimate of drug-likeness (QED) is 0.641. The van der Waals surface area contributed by atoms with E-state index < -0.39 is 0 Å². The summed E-state index contributed by atoms with van der Waals surface area (Å²) in [7, 11) is 0. The minimum Gasteiger partial charge on any atom is -0.267 e. The number of carbonyl (C=O) groups is 1. The van der Waals surface area contributed by atoms with Crippen molar-refractivity contribution in [3.63, 3.8) is 0 Å². The van der Waals surface area contributed by atoms with Crippen LogP contribution in [-0.4, -0.2) is 11.6 Å². The zero-order valence-electron chi connectivity index (χ0n) is 10.3. The van der Waals surface area contributed by atoms with Crippen LogP contribution in [0, 0.1) is 0 Å². The minimum atomic E-state index is -0.239. The zero-order chi connectivity index (χ0) is 12.8. The van der Waals surface area contributed by atoms with Crippen molar-refractivity contribution in [3.8, 4) is 0 Å². The van der Waals surface area contributed by atoms with Gasteiger partial charge in [0.2, 0.25) is 0 Å². The van der Waals surface area contributed by atoms with Crippen LogP contribution in [0.2, 0.25) is 5.02 Å². The molecule has 1 aromatic carbocycles. The number of hydrazone groups is 1. The Labute approximate surface area is 112 Å². The van der Waals surface area contributed by atoms with Crippen LogP contribution in [0.4, 0.5) is 0 Å². The van der Waals surface area contributed by atoms with Crippen molar-refractivity contribution in [3.05, 3.63) is 34.9 Å². The van der Waals surface area contributed by atoms with E-state index in [1.54, 1.807) is 24.3 Å². The Bertz CT molecular complexity index is 447. The Morgan fingerprint density at radius 1 is 1.11 bits per heavy atom. The number of hydrogen-bond acceptors (Lipinski definition) is 2. The van der Waals surface area contributed by atoms with Crippen LogP contribution in [0.5, 0.6) is 0 Å². The van der Waals surface area contributed by atoms with Crippen LogP contribution in [0.1, 0.15) is 48.9 Å². The highest BCUT2D eigenvalue weighted by molar-refractivity contribution is 6.33. The van der Waals surface area contributed by atoms with Gasteiger partial charge in [0.25, 0.3) is 5.91 Å². The Kier molecular flexibility index (Phi) is 4.76. The van der Waals surface area contributed by atoms with E-state index in [-0.39, 0.29) is 5.91 Å². The first-order chi connectivity index (χ1) is 8.77. The van der Waals surface area contributed by atoms with Gasteiger partial charge in [-0.25, -0.2) is 5.43 Å². The molecule has 0 atom stereocenters. The van der Waals surface area contributed by atoms with E-state index in [0.717, 1.165) is 18.6 Å². The molecule has 0 aromatic heterocycles. The fourth-order valence-electron chi connectivity index (χ4n) is 2.08. The molecule has 1 aliphatic carbocycles.